The lowest BCUT2D eigenvalue weighted by atomic mass is 9.80. The van der Waals surface area contributed by atoms with Gasteiger partial charge in [0.2, 0.25) is 0 Å². The van der Waals surface area contributed by atoms with Crippen molar-refractivity contribution in [3.63, 3.8) is 0 Å². The van der Waals surface area contributed by atoms with Gasteiger partial charge < -0.3 is 10.5 Å². The average Bonchev–Trinajstić information content (AvgIpc) is 2.26. The van der Waals surface area contributed by atoms with Gasteiger partial charge in [0.05, 0.1) is 5.41 Å². The van der Waals surface area contributed by atoms with Crippen LogP contribution in [0.3, 0.4) is 0 Å². The van der Waals surface area contributed by atoms with Crippen molar-refractivity contribution in [1.29, 1.82) is 0 Å². The van der Waals surface area contributed by atoms with E-state index in [1.165, 1.54) is 6.07 Å². The number of halogens is 1. The molecule has 0 spiro atoms. The Morgan fingerprint density at radius 1 is 1.21 bits per heavy atom. The summed E-state index contributed by atoms with van der Waals surface area (Å²) in [5.41, 5.74) is 4.77. The van der Waals surface area contributed by atoms with Crippen molar-refractivity contribution in [3.8, 4) is 0 Å². The molecular weight excluding hydrogens is 245 g/mol. The predicted molar refractivity (Wildman–Crippen MR) is 73.0 cm³/mol. The van der Waals surface area contributed by atoms with E-state index in [1.54, 1.807) is 52.8 Å². The molecule has 19 heavy (non-hydrogen) atoms. The van der Waals surface area contributed by atoms with E-state index in [9.17, 15) is 9.18 Å². The quantitative estimate of drug-likeness (QED) is 0.856. The summed E-state index contributed by atoms with van der Waals surface area (Å²) in [6.45, 7) is 8.69. The molecule has 3 nitrogen and oxygen atoms in total. The summed E-state index contributed by atoms with van der Waals surface area (Å²) < 4.78 is 19.1. The van der Waals surface area contributed by atoms with Crippen molar-refractivity contribution >= 4 is 5.97 Å². The number of carbonyl (C=O) groups excluding carboxylic acids is 1. The first-order chi connectivity index (χ1) is 8.55. The van der Waals surface area contributed by atoms with E-state index in [0.29, 0.717) is 5.56 Å². The normalized spacial score (nSPS) is 14.1. The number of rotatable bonds is 3. The molecule has 1 aromatic rings. The van der Waals surface area contributed by atoms with Crippen LogP contribution in [0, 0.1) is 11.2 Å². The van der Waals surface area contributed by atoms with Crippen LogP contribution in [0.2, 0.25) is 0 Å². The number of ether oxygens (including phenoxy) is 1. The summed E-state index contributed by atoms with van der Waals surface area (Å²) in [6.07, 6.45) is 0. The Morgan fingerprint density at radius 2 is 1.74 bits per heavy atom. The Hall–Kier alpha value is -1.42. The molecule has 4 heteroatoms. The maximum atomic E-state index is 13.7. The zero-order valence-electron chi connectivity index (χ0n) is 12.2. The van der Waals surface area contributed by atoms with Gasteiger partial charge in [-0.1, -0.05) is 18.2 Å². The van der Waals surface area contributed by atoms with Crippen molar-refractivity contribution in [2.45, 2.75) is 46.3 Å². The van der Waals surface area contributed by atoms with Gasteiger partial charge in [0.15, 0.2) is 0 Å². The van der Waals surface area contributed by atoms with E-state index >= 15 is 0 Å². The monoisotopic (exact) mass is 267 g/mol. The SMILES string of the molecule is CC(C)(C)OC(=O)C(C)(C)[C@@H](N)c1ccccc1F. The lowest BCUT2D eigenvalue weighted by Gasteiger charge is -2.33. The first-order valence-corrected chi connectivity index (χ1v) is 6.29. The molecule has 0 aliphatic heterocycles. The smallest absolute Gasteiger partial charge is 0.313 e. The number of benzene rings is 1. The maximum Gasteiger partial charge on any atom is 0.313 e. The first kappa shape index (κ1) is 15.6. The van der Waals surface area contributed by atoms with Gasteiger partial charge in [0.1, 0.15) is 11.4 Å². The molecule has 0 bridgehead atoms. The number of esters is 1. The molecule has 0 saturated heterocycles. The van der Waals surface area contributed by atoms with Gasteiger partial charge in [-0.05, 0) is 40.7 Å². The van der Waals surface area contributed by atoms with E-state index in [1.807, 2.05) is 0 Å². The van der Waals surface area contributed by atoms with Gasteiger partial charge in [0, 0.05) is 11.6 Å². The second kappa shape index (κ2) is 5.29. The highest BCUT2D eigenvalue weighted by Crippen LogP contribution is 2.34. The van der Waals surface area contributed by atoms with Crippen molar-refractivity contribution in [1.82, 2.24) is 0 Å². The van der Waals surface area contributed by atoms with Crippen LogP contribution < -0.4 is 5.73 Å². The Kier molecular flexibility index (Phi) is 4.35. The van der Waals surface area contributed by atoms with E-state index in [-0.39, 0.29) is 0 Å². The highest BCUT2D eigenvalue weighted by Gasteiger charge is 2.39. The van der Waals surface area contributed by atoms with Crippen molar-refractivity contribution in [2.75, 3.05) is 0 Å². The van der Waals surface area contributed by atoms with Gasteiger partial charge in [-0.15, -0.1) is 0 Å². The minimum absolute atomic E-state index is 0.318. The molecule has 0 unspecified atom stereocenters. The fraction of sp³-hybridized carbons (Fsp3) is 0.533. The van der Waals surface area contributed by atoms with Crippen molar-refractivity contribution in [2.24, 2.45) is 11.1 Å². The molecule has 0 aromatic heterocycles. The molecule has 0 amide bonds. The van der Waals surface area contributed by atoms with Gasteiger partial charge in [-0.3, -0.25) is 4.79 Å². The second-order valence-corrected chi connectivity index (χ2v) is 6.22. The summed E-state index contributed by atoms with van der Waals surface area (Å²) in [4.78, 5) is 12.2. The Balaban J connectivity index is 3.00. The number of nitrogens with two attached hydrogens (primary N) is 1. The molecule has 1 rings (SSSR count). The van der Waals surface area contributed by atoms with Crippen molar-refractivity contribution in [3.05, 3.63) is 35.6 Å². The topological polar surface area (TPSA) is 52.3 Å². The molecule has 0 aliphatic carbocycles. The lowest BCUT2D eigenvalue weighted by molar-refractivity contribution is -0.167. The van der Waals surface area contributed by atoms with E-state index in [0.717, 1.165) is 0 Å². The fourth-order valence-electron chi connectivity index (χ4n) is 1.65. The van der Waals surface area contributed by atoms with Crippen LogP contribution in [0.1, 0.15) is 46.2 Å². The third kappa shape index (κ3) is 3.77. The van der Waals surface area contributed by atoms with Crippen LogP contribution in [-0.4, -0.2) is 11.6 Å². The first-order valence-electron chi connectivity index (χ1n) is 6.29. The zero-order chi connectivity index (χ0) is 14.8. The van der Waals surface area contributed by atoms with Gasteiger partial charge in [-0.2, -0.15) is 0 Å². The maximum absolute atomic E-state index is 13.7. The minimum Gasteiger partial charge on any atom is -0.460 e. The van der Waals surface area contributed by atoms with E-state index in [2.05, 4.69) is 0 Å². The average molecular weight is 267 g/mol. The van der Waals surface area contributed by atoms with Crippen LogP contribution in [-0.2, 0) is 9.53 Å². The van der Waals surface area contributed by atoms with E-state index < -0.39 is 28.8 Å². The van der Waals surface area contributed by atoms with Crippen LogP contribution in [0.4, 0.5) is 4.39 Å². The molecule has 0 fully saturated rings. The van der Waals surface area contributed by atoms with Crippen LogP contribution >= 0.6 is 0 Å². The summed E-state index contributed by atoms with van der Waals surface area (Å²) >= 11 is 0. The second-order valence-electron chi connectivity index (χ2n) is 6.22. The number of hydrogen-bond donors (Lipinski definition) is 1. The summed E-state index contributed by atoms with van der Waals surface area (Å²) in [6, 6.07) is 5.45. The predicted octanol–water partition coefficient (Wildman–Crippen LogP) is 3.19. The van der Waals surface area contributed by atoms with Crippen LogP contribution in [0.15, 0.2) is 24.3 Å². The number of hydrogen-bond acceptors (Lipinski definition) is 3. The highest BCUT2D eigenvalue weighted by molar-refractivity contribution is 5.77. The van der Waals surface area contributed by atoms with Crippen molar-refractivity contribution < 1.29 is 13.9 Å². The summed E-state index contributed by atoms with van der Waals surface area (Å²) in [7, 11) is 0. The standard InChI is InChI=1S/C15H22FNO2/c1-14(2,3)19-13(18)15(4,5)12(17)10-8-6-7-9-11(10)16/h6-9,12H,17H2,1-5H3/t12-/m0/s1. The zero-order valence-corrected chi connectivity index (χ0v) is 12.2. The molecule has 0 heterocycles. The minimum atomic E-state index is -1.00. The third-order valence-corrected chi connectivity index (χ3v) is 2.94. The number of carbonyl (C=O) groups is 1. The van der Waals surface area contributed by atoms with E-state index in [4.69, 9.17) is 10.5 Å². The molecular formula is C15H22FNO2. The Bertz CT molecular complexity index is 463. The van der Waals surface area contributed by atoms with Crippen LogP contribution in [0.5, 0.6) is 0 Å². The molecule has 0 saturated carbocycles. The molecule has 1 atom stereocenters. The Labute approximate surface area is 113 Å². The largest absolute Gasteiger partial charge is 0.460 e. The van der Waals surface area contributed by atoms with Gasteiger partial charge >= 0.3 is 5.97 Å². The molecule has 1 aromatic carbocycles. The summed E-state index contributed by atoms with van der Waals surface area (Å²) in [5, 5.41) is 0. The molecule has 0 radical (unpaired) electrons. The Morgan fingerprint density at radius 3 is 2.21 bits per heavy atom. The fourth-order valence-corrected chi connectivity index (χ4v) is 1.65. The highest BCUT2D eigenvalue weighted by atomic mass is 19.1. The van der Waals surface area contributed by atoms with Gasteiger partial charge in [0.25, 0.3) is 0 Å². The molecule has 0 aliphatic rings. The van der Waals surface area contributed by atoms with Crippen LogP contribution in [0.25, 0.3) is 0 Å². The third-order valence-electron chi connectivity index (χ3n) is 2.94. The molecule has 106 valence electrons. The van der Waals surface area contributed by atoms with Gasteiger partial charge in [-0.25, -0.2) is 4.39 Å². The lowest BCUT2D eigenvalue weighted by Crippen LogP contribution is -2.41. The molecule has 2 N–H and O–H groups in total. The summed E-state index contributed by atoms with van der Waals surface area (Å²) in [5.74, 6) is -0.845.